The molecule has 152 valence electrons. The highest BCUT2D eigenvalue weighted by molar-refractivity contribution is 5.75. The third-order valence-corrected chi connectivity index (χ3v) is 6.66. The van der Waals surface area contributed by atoms with E-state index in [0.29, 0.717) is 12.0 Å². The molecule has 1 aliphatic heterocycles. The molecule has 0 amide bonds. The van der Waals surface area contributed by atoms with Gasteiger partial charge in [-0.05, 0) is 81.9 Å². The Morgan fingerprint density at radius 3 is 2.97 bits per heavy atom. The molecule has 1 N–H and O–H groups in total. The van der Waals surface area contributed by atoms with Gasteiger partial charge in [0, 0.05) is 12.7 Å². The lowest BCUT2D eigenvalue weighted by Crippen LogP contribution is -2.33. The molecule has 5 heteroatoms. The Hall–Kier alpha value is -2.24. The molecule has 2 atom stereocenters. The summed E-state index contributed by atoms with van der Waals surface area (Å²) in [6, 6.07) is 13.3. The molecule has 5 rings (SSSR count). The minimum absolute atomic E-state index is 0.379. The number of piperidine rings is 1. The average Bonchev–Trinajstić information content (AvgIpc) is 3.11. The van der Waals surface area contributed by atoms with E-state index in [1.807, 2.05) is 6.20 Å². The Labute approximate surface area is 173 Å². The molecule has 0 radical (unpaired) electrons. The highest BCUT2D eigenvalue weighted by Crippen LogP contribution is 2.33. The molecule has 1 aliphatic carbocycles. The first-order valence-electron chi connectivity index (χ1n) is 11.1. The third-order valence-electron chi connectivity index (χ3n) is 6.66. The van der Waals surface area contributed by atoms with Crippen molar-refractivity contribution in [3.8, 4) is 0 Å². The first-order valence-corrected chi connectivity index (χ1v) is 11.1. The van der Waals surface area contributed by atoms with Crippen LogP contribution in [0.25, 0.3) is 11.0 Å². The molecule has 3 heterocycles. The van der Waals surface area contributed by atoms with Crippen LogP contribution in [0.2, 0.25) is 0 Å². The summed E-state index contributed by atoms with van der Waals surface area (Å²) in [6.07, 6.45) is 8.08. The molecule has 29 heavy (non-hydrogen) atoms. The van der Waals surface area contributed by atoms with Gasteiger partial charge in [0.2, 0.25) is 0 Å². The second kappa shape index (κ2) is 8.25. The van der Waals surface area contributed by atoms with E-state index in [4.69, 9.17) is 9.97 Å². The van der Waals surface area contributed by atoms with E-state index in [0.717, 1.165) is 38.1 Å². The van der Waals surface area contributed by atoms with Crippen LogP contribution in [0, 0.1) is 5.92 Å². The zero-order valence-corrected chi connectivity index (χ0v) is 17.3. The third kappa shape index (κ3) is 3.81. The van der Waals surface area contributed by atoms with Gasteiger partial charge in [0.1, 0.15) is 5.82 Å². The van der Waals surface area contributed by atoms with Crippen LogP contribution in [0.5, 0.6) is 0 Å². The molecule has 0 unspecified atom stereocenters. The van der Waals surface area contributed by atoms with Gasteiger partial charge in [-0.2, -0.15) is 0 Å². The molecule has 0 spiro atoms. The van der Waals surface area contributed by atoms with Crippen molar-refractivity contribution in [2.75, 3.05) is 20.1 Å². The van der Waals surface area contributed by atoms with E-state index in [2.05, 4.69) is 58.2 Å². The quantitative estimate of drug-likeness (QED) is 0.718. The number of nitrogens with one attached hydrogen (secondary N) is 1. The number of aryl methyl sites for hydroxylation is 1. The van der Waals surface area contributed by atoms with Crippen molar-refractivity contribution in [2.24, 2.45) is 5.92 Å². The number of para-hydroxylation sites is 2. The highest BCUT2D eigenvalue weighted by Gasteiger charge is 2.26. The van der Waals surface area contributed by atoms with Gasteiger partial charge in [0.05, 0.1) is 29.3 Å². The van der Waals surface area contributed by atoms with Gasteiger partial charge >= 0.3 is 0 Å². The van der Waals surface area contributed by atoms with E-state index in [1.165, 1.54) is 48.3 Å². The first kappa shape index (κ1) is 18.8. The van der Waals surface area contributed by atoms with Crippen LogP contribution in [0.4, 0.5) is 0 Å². The summed E-state index contributed by atoms with van der Waals surface area (Å²) >= 11 is 0. The Balaban J connectivity index is 1.43. The van der Waals surface area contributed by atoms with Crippen molar-refractivity contribution in [1.29, 1.82) is 0 Å². The molecule has 1 aromatic carbocycles. The fourth-order valence-electron chi connectivity index (χ4n) is 5.14. The van der Waals surface area contributed by atoms with E-state index in [9.17, 15) is 0 Å². The van der Waals surface area contributed by atoms with E-state index < -0.39 is 0 Å². The Morgan fingerprint density at radius 2 is 2.07 bits per heavy atom. The number of nitrogens with zero attached hydrogens (tertiary/aromatic N) is 4. The maximum atomic E-state index is 5.05. The zero-order chi connectivity index (χ0) is 19.6. The minimum atomic E-state index is 0.379. The van der Waals surface area contributed by atoms with Crippen LogP contribution in [0.1, 0.15) is 48.8 Å². The number of aromatic nitrogens is 3. The fourth-order valence-corrected chi connectivity index (χ4v) is 5.14. The van der Waals surface area contributed by atoms with Crippen molar-refractivity contribution in [1.82, 2.24) is 24.8 Å². The van der Waals surface area contributed by atoms with Crippen LogP contribution >= 0.6 is 0 Å². The summed E-state index contributed by atoms with van der Waals surface area (Å²) < 4.78 is 2.48. The summed E-state index contributed by atoms with van der Waals surface area (Å²) in [5, 5.41) is 3.57. The number of hydrogen-bond donors (Lipinski definition) is 1. The predicted molar refractivity (Wildman–Crippen MR) is 117 cm³/mol. The Morgan fingerprint density at radius 1 is 1.14 bits per heavy atom. The molecule has 1 saturated heterocycles. The number of pyridine rings is 1. The summed E-state index contributed by atoms with van der Waals surface area (Å²) in [4.78, 5) is 12.3. The topological polar surface area (TPSA) is 46.0 Å². The van der Waals surface area contributed by atoms with Crippen LogP contribution in [0.3, 0.4) is 0 Å². The molecule has 2 aliphatic rings. The van der Waals surface area contributed by atoms with Crippen LogP contribution in [-0.2, 0) is 19.5 Å². The first-order chi connectivity index (χ1) is 14.3. The van der Waals surface area contributed by atoms with Gasteiger partial charge in [-0.1, -0.05) is 18.2 Å². The average molecular weight is 390 g/mol. The lowest BCUT2D eigenvalue weighted by molar-refractivity contribution is 0.200. The molecule has 3 aromatic rings. The second-order valence-electron chi connectivity index (χ2n) is 8.71. The van der Waals surface area contributed by atoms with Crippen molar-refractivity contribution in [3.63, 3.8) is 0 Å². The SMILES string of the molecule is CN(Cc1nc2ccccc2n1C[C@@H]1CCCNC1)[C@@H]1CCCc2cccnc21. The Kier molecular flexibility index (Phi) is 5.34. The number of rotatable bonds is 5. The van der Waals surface area contributed by atoms with Crippen LogP contribution in [0.15, 0.2) is 42.6 Å². The van der Waals surface area contributed by atoms with E-state index in [1.54, 1.807) is 0 Å². The molecule has 2 aromatic heterocycles. The van der Waals surface area contributed by atoms with Gasteiger partial charge in [-0.15, -0.1) is 0 Å². The maximum Gasteiger partial charge on any atom is 0.124 e. The number of hydrogen-bond acceptors (Lipinski definition) is 4. The van der Waals surface area contributed by atoms with Gasteiger partial charge in [0.25, 0.3) is 0 Å². The van der Waals surface area contributed by atoms with Gasteiger partial charge in [-0.25, -0.2) is 4.98 Å². The fraction of sp³-hybridized carbons (Fsp3) is 0.500. The lowest BCUT2D eigenvalue weighted by Gasteiger charge is -2.32. The standard InChI is InChI=1S/C24H31N5/c1-28(22-12-4-8-19-9-6-14-26-24(19)22)17-23-27-20-10-2-3-11-21(20)29(23)16-18-7-5-13-25-15-18/h2-3,6,9-11,14,18,22,25H,4-5,7-8,12-13,15-17H2,1H3/t18-,22-/m1/s1. The molecule has 5 nitrogen and oxygen atoms in total. The van der Waals surface area contributed by atoms with E-state index >= 15 is 0 Å². The molecular formula is C24H31N5. The van der Waals surface area contributed by atoms with Gasteiger partial charge in [-0.3, -0.25) is 9.88 Å². The monoisotopic (exact) mass is 389 g/mol. The predicted octanol–water partition coefficient (Wildman–Crippen LogP) is 3.94. The largest absolute Gasteiger partial charge is 0.327 e. The summed E-state index contributed by atoms with van der Waals surface area (Å²) in [7, 11) is 2.24. The molecule has 0 saturated carbocycles. The second-order valence-corrected chi connectivity index (χ2v) is 8.71. The number of imidazole rings is 1. The molecule has 0 bridgehead atoms. The summed E-state index contributed by atoms with van der Waals surface area (Å²) in [6.45, 7) is 4.18. The lowest BCUT2D eigenvalue weighted by atomic mass is 9.91. The van der Waals surface area contributed by atoms with Crippen LogP contribution in [-0.4, -0.2) is 39.6 Å². The maximum absolute atomic E-state index is 5.05. The highest BCUT2D eigenvalue weighted by atomic mass is 15.2. The minimum Gasteiger partial charge on any atom is -0.327 e. The summed E-state index contributed by atoms with van der Waals surface area (Å²) in [5.74, 6) is 1.87. The van der Waals surface area contributed by atoms with Crippen molar-refractivity contribution in [2.45, 2.75) is 51.2 Å². The van der Waals surface area contributed by atoms with Crippen LogP contribution < -0.4 is 5.32 Å². The summed E-state index contributed by atoms with van der Waals surface area (Å²) in [5.41, 5.74) is 5.06. The van der Waals surface area contributed by atoms with Gasteiger partial charge < -0.3 is 9.88 Å². The number of fused-ring (bicyclic) bond motifs is 2. The van der Waals surface area contributed by atoms with Gasteiger partial charge in [0.15, 0.2) is 0 Å². The molecule has 1 fully saturated rings. The number of benzene rings is 1. The zero-order valence-electron chi connectivity index (χ0n) is 17.3. The van der Waals surface area contributed by atoms with E-state index in [-0.39, 0.29) is 0 Å². The smallest absolute Gasteiger partial charge is 0.124 e. The Bertz CT molecular complexity index is 972. The normalized spacial score (nSPS) is 22.1. The van der Waals surface area contributed by atoms with Crippen molar-refractivity contribution in [3.05, 3.63) is 59.7 Å². The molecular weight excluding hydrogens is 358 g/mol. The van der Waals surface area contributed by atoms with Crippen molar-refractivity contribution < 1.29 is 0 Å². The van der Waals surface area contributed by atoms with Crippen molar-refractivity contribution >= 4 is 11.0 Å².